The van der Waals surface area contributed by atoms with E-state index in [2.05, 4.69) is 16.4 Å². The lowest BCUT2D eigenvalue weighted by atomic mass is 10.2. The molecule has 0 aliphatic carbocycles. The van der Waals surface area contributed by atoms with Crippen molar-refractivity contribution in [3.8, 4) is 0 Å². The van der Waals surface area contributed by atoms with Crippen LogP contribution in [0, 0.1) is 0 Å². The molecule has 3 nitrogen and oxygen atoms in total. The molecule has 0 aliphatic heterocycles. The van der Waals surface area contributed by atoms with Gasteiger partial charge in [-0.1, -0.05) is 0 Å². The maximum Gasteiger partial charge on any atom is 0.0813 e. The van der Waals surface area contributed by atoms with E-state index in [0.717, 1.165) is 15.9 Å². The standard InChI is InChI=1S/C11H14N2OS/c1-7(8(2)14)13-9-3-4-10-11(5-9)15-6-12-10/h3-8,13-14H,1-2H3. The number of aromatic nitrogens is 1. The average molecular weight is 222 g/mol. The topological polar surface area (TPSA) is 45.1 Å². The number of benzene rings is 1. The summed E-state index contributed by atoms with van der Waals surface area (Å²) in [5.41, 5.74) is 3.89. The number of anilines is 1. The van der Waals surface area contributed by atoms with Gasteiger partial charge in [0.1, 0.15) is 0 Å². The largest absolute Gasteiger partial charge is 0.391 e. The molecule has 2 aromatic rings. The second-order valence-corrected chi connectivity index (χ2v) is 4.59. The van der Waals surface area contributed by atoms with Gasteiger partial charge in [-0.05, 0) is 32.0 Å². The van der Waals surface area contributed by atoms with E-state index < -0.39 is 0 Å². The number of fused-ring (bicyclic) bond motifs is 1. The van der Waals surface area contributed by atoms with Crippen molar-refractivity contribution in [2.24, 2.45) is 0 Å². The van der Waals surface area contributed by atoms with Crippen LogP contribution >= 0.6 is 11.3 Å². The first-order valence-corrected chi connectivity index (χ1v) is 5.82. The summed E-state index contributed by atoms with van der Waals surface area (Å²) >= 11 is 1.62. The molecule has 0 saturated heterocycles. The summed E-state index contributed by atoms with van der Waals surface area (Å²) in [5, 5.41) is 12.6. The van der Waals surface area contributed by atoms with Crippen LogP contribution in [0.25, 0.3) is 10.2 Å². The van der Waals surface area contributed by atoms with Gasteiger partial charge in [0.25, 0.3) is 0 Å². The van der Waals surface area contributed by atoms with Gasteiger partial charge in [-0.25, -0.2) is 4.98 Å². The van der Waals surface area contributed by atoms with E-state index >= 15 is 0 Å². The predicted octanol–water partition coefficient (Wildman–Crippen LogP) is 2.48. The summed E-state index contributed by atoms with van der Waals surface area (Å²) in [7, 11) is 0. The first-order chi connectivity index (χ1) is 7.16. The minimum Gasteiger partial charge on any atom is -0.391 e. The highest BCUT2D eigenvalue weighted by molar-refractivity contribution is 7.16. The maximum atomic E-state index is 9.38. The van der Waals surface area contributed by atoms with E-state index in [1.54, 1.807) is 18.3 Å². The summed E-state index contributed by atoms with van der Waals surface area (Å²) < 4.78 is 1.16. The van der Waals surface area contributed by atoms with Crippen molar-refractivity contribution in [1.82, 2.24) is 4.98 Å². The summed E-state index contributed by atoms with van der Waals surface area (Å²) in [4.78, 5) is 4.22. The Bertz CT molecular complexity index is 453. The van der Waals surface area contributed by atoms with Crippen LogP contribution in [0.4, 0.5) is 5.69 Å². The molecule has 0 aliphatic rings. The van der Waals surface area contributed by atoms with Gasteiger partial charge in [0.05, 0.1) is 21.8 Å². The first kappa shape index (κ1) is 10.4. The van der Waals surface area contributed by atoms with Crippen LogP contribution in [0.3, 0.4) is 0 Å². The molecule has 0 fully saturated rings. The van der Waals surface area contributed by atoms with Crippen LogP contribution in [0.5, 0.6) is 0 Å². The summed E-state index contributed by atoms with van der Waals surface area (Å²) in [6.45, 7) is 3.74. The van der Waals surface area contributed by atoms with Gasteiger partial charge in [0, 0.05) is 11.7 Å². The van der Waals surface area contributed by atoms with E-state index in [9.17, 15) is 5.11 Å². The van der Waals surface area contributed by atoms with Crippen molar-refractivity contribution >= 4 is 27.2 Å². The Morgan fingerprint density at radius 1 is 1.40 bits per heavy atom. The molecule has 0 saturated carbocycles. The SMILES string of the molecule is CC(O)C(C)Nc1ccc2ncsc2c1. The number of nitrogens with one attached hydrogen (secondary N) is 1. The lowest BCUT2D eigenvalue weighted by Crippen LogP contribution is -2.27. The van der Waals surface area contributed by atoms with Crippen LogP contribution < -0.4 is 5.32 Å². The molecule has 2 unspecified atom stereocenters. The Morgan fingerprint density at radius 3 is 2.93 bits per heavy atom. The molecular formula is C11H14N2OS. The summed E-state index contributed by atoms with van der Waals surface area (Å²) in [5.74, 6) is 0. The number of rotatable bonds is 3. The van der Waals surface area contributed by atoms with Crippen molar-refractivity contribution in [1.29, 1.82) is 0 Å². The second-order valence-electron chi connectivity index (χ2n) is 3.71. The lowest BCUT2D eigenvalue weighted by molar-refractivity contribution is 0.178. The predicted molar refractivity (Wildman–Crippen MR) is 64.4 cm³/mol. The van der Waals surface area contributed by atoms with E-state index in [4.69, 9.17) is 0 Å². The van der Waals surface area contributed by atoms with Gasteiger partial charge in [0.15, 0.2) is 0 Å². The Labute approximate surface area is 92.8 Å². The van der Waals surface area contributed by atoms with Gasteiger partial charge in [-0.2, -0.15) is 0 Å². The molecule has 1 heterocycles. The fourth-order valence-electron chi connectivity index (χ4n) is 1.33. The molecule has 1 aromatic carbocycles. The van der Waals surface area contributed by atoms with Gasteiger partial charge < -0.3 is 10.4 Å². The summed E-state index contributed by atoms with van der Waals surface area (Å²) in [6.07, 6.45) is -0.359. The highest BCUT2D eigenvalue weighted by Crippen LogP contribution is 2.22. The zero-order valence-electron chi connectivity index (χ0n) is 8.77. The Morgan fingerprint density at radius 2 is 2.20 bits per heavy atom. The smallest absolute Gasteiger partial charge is 0.0813 e. The zero-order valence-corrected chi connectivity index (χ0v) is 9.58. The highest BCUT2D eigenvalue weighted by atomic mass is 32.1. The van der Waals surface area contributed by atoms with Crippen LogP contribution in [-0.4, -0.2) is 22.2 Å². The van der Waals surface area contributed by atoms with E-state index in [0.29, 0.717) is 0 Å². The molecule has 2 N–H and O–H groups in total. The number of hydrogen-bond acceptors (Lipinski definition) is 4. The van der Waals surface area contributed by atoms with E-state index in [-0.39, 0.29) is 12.1 Å². The third kappa shape index (κ3) is 2.27. The second kappa shape index (κ2) is 4.16. The van der Waals surface area contributed by atoms with Crippen molar-refractivity contribution in [3.05, 3.63) is 23.7 Å². The highest BCUT2D eigenvalue weighted by Gasteiger charge is 2.08. The van der Waals surface area contributed by atoms with Gasteiger partial charge >= 0.3 is 0 Å². The maximum absolute atomic E-state index is 9.38. The molecular weight excluding hydrogens is 208 g/mol. The van der Waals surface area contributed by atoms with Gasteiger partial charge in [-0.3, -0.25) is 0 Å². The van der Waals surface area contributed by atoms with Crippen LogP contribution in [0.2, 0.25) is 0 Å². The van der Waals surface area contributed by atoms with Crippen molar-refractivity contribution < 1.29 is 5.11 Å². The number of aliphatic hydroxyl groups is 1. The quantitative estimate of drug-likeness (QED) is 0.838. The Hall–Kier alpha value is -1.13. The number of nitrogens with zero attached hydrogens (tertiary/aromatic N) is 1. The van der Waals surface area contributed by atoms with Crippen molar-refractivity contribution in [2.45, 2.75) is 26.0 Å². The molecule has 0 spiro atoms. The molecule has 15 heavy (non-hydrogen) atoms. The van der Waals surface area contributed by atoms with Gasteiger partial charge in [-0.15, -0.1) is 11.3 Å². The lowest BCUT2D eigenvalue weighted by Gasteiger charge is -2.17. The molecule has 4 heteroatoms. The Balaban J connectivity index is 2.21. The normalized spacial score (nSPS) is 15.1. The van der Waals surface area contributed by atoms with Crippen LogP contribution in [-0.2, 0) is 0 Å². The van der Waals surface area contributed by atoms with E-state index in [1.807, 2.05) is 24.6 Å². The van der Waals surface area contributed by atoms with Crippen molar-refractivity contribution in [3.63, 3.8) is 0 Å². The fraction of sp³-hybridized carbons (Fsp3) is 0.364. The molecule has 1 aromatic heterocycles. The number of thiazole rings is 1. The zero-order chi connectivity index (χ0) is 10.8. The molecule has 2 atom stereocenters. The number of hydrogen-bond donors (Lipinski definition) is 2. The number of aliphatic hydroxyl groups excluding tert-OH is 1. The van der Waals surface area contributed by atoms with E-state index in [1.165, 1.54) is 0 Å². The first-order valence-electron chi connectivity index (χ1n) is 4.94. The monoisotopic (exact) mass is 222 g/mol. The third-order valence-corrected chi connectivity index (χ3v) is 3.24. The van der Waals surface area contributed by atoms with Crippen LogP contribution in [0.1, 0.15) is 13.8 Å². The molecule has 2 rings (SSSR count). The molecule has 0 radical (unpaired) electrons. The molecule has 0 amide bonds. The van der Waals surface area contributed by atoms with Crippen molar-refractivity contribution in [2.75, 3.05) is 5.32 Å². The van der Waals surface area contributed by atoms with Crippen LogP contribution in [0.15, 0.2) is 23.7 Å². The van der Waals surface area contributed by atoms with Gasteiger partial charge in [0.2, 0.25) is 0 Å². The fourth-order valence-corrected chi connectivity index (χ4v) is 2.04. The third-order valence-electron chi connectivity index (χ3n) is 2.45. The molecule has 0 bridgehead atoms. The average Bonchev–Trinajstić information content (AvgIpc) is 2.64. The summed E-state index contributed by atoms with van der Waals surface area (Å²) in [6, 6.07) is 6.09. The minimum atomic E-state index is -0.359. The Kier molecular flexibility index (Phi) is 2.88. The molecule has 80 valence electrons. The minimum absolute atomic E-state index is 0.0513.